The largest absolute Gasteiger partial charge is 0.362 e. The molecule has 9 nitrogen and oxygen atoms in total. The van der Waals surface area contributed by atoms with Gasteiger partial charge in [-0.1, -0.05) is 12.8 Å². The molecule has 1 aliphatic carbocycles. The average molecular weight is 537 g/mol. The van der Waals surface area contributed by atoms with E-state index in [-0.39, 0.29) is 0 Å². The number of pyridine rings is 1. The summed E-state index contributed by atoms with van der Waals surface area (Å²) in [5.41, 5.74) is 1.55. The third kappa shape index (κ3) is 6.24. The number of fused-ring (bicyclic) bond motifs is 1. The molecule has 5 heterocycles. The fourth-order valence-corrected chi connectivity index (χ4v) is 7.22. The van der Waals surface area contributed by atoms with Crippen molar-refractivity contribution in [2.24, 2.45) is 0 Å². The van der Waals surface area contributed by atoms with Gasteiger partial charge in [0.2, 0.25) is 6.41 Å². The second-order valence-electron chi connectivity index (χ2n) is 10.4. The topological polar surface area (TPSA) is 98.3 Å². The van der Waals surface area contributed by atoms with Gasteiger partial charge in [0.25, 0.3) is 0 Å². The molecule has 0 spiro atoms. The van der Waals surface area contributed by atoms with Crippen molar-refractivity contribution in [3.63, 3.8) is 0 Å². The van der Waals surface area contributed by atoms with E-state index in [4.69, 9.17) is 9.78 Å². The number of piperazine rings is 1. The van der Waals surface area contributed by atoms with Gasteiger partial charge in [0, 0.05) is 68.8 Å². The molecule has 3 aromatic rings. The van der Waals surface area contributed by atoms with E-state index < -0.39 is 0 Å². The first-order chi connectivity index (χ1) is 18.7. The third-order valence-electron chi connectivity index (χ3n) is 8.03. The van der Waals surface area contributed by atoms with Crippen LogP contribution >= 0.6 is 11.3 Å². The summed E-state index contributed by atoms with van der Waals surface area (Å²) in [5, 5.41) is 10.5. The van der Waals surface area contributed by atoms with Gasteiger partial charge in [-0.25, -0.2) is 15.0 Å². The van der Waals surface area contributed by atoms with Gasteiger partial charge >= 0.3 is 0 Å². The van der Waals surface area contributed by atoms with Crippen LogP contribution in [0.3, 0.4) is 0 Å². The standard InChI is InChI=1S/C26H35N7S.C2H5NO/c1-18-26(19-4-2-3-5-19)21-14-23(28-15-22(21)34-18)31-24-16-30-25(17-29-24)33-10-6-20(7-11-33)32-12-8-27-9-13-32;1-3-2-4/h14-17,19-20,27H,2-13H2,1H3,(H,28,29,31);2H,1H3,(H,3,4). The minimum Gasteiger partial charge on any atom is -0.362 e. The Labute approximate surface area is 229 Å². The molecule has 2 aliphatic heterocycles. The molecule has 0 atom stereocenters. The highest BCUT2D eigenvalue weighted by Gasteiger charge is 2.26. The first-order valence-electron chi connectivity index (χ1n) is 13.9. The van der Waals surface area contributed by atoms with Gasteiger partial charge in [-0.15, -0.1) is 11.3 Å². The number of thiophene rings is 1. The lowest BCUT2D eigenvalue weighted by atomic mass is 9.95. The maximum absolute atomic E-state index is 9.06. The molecule has 2 saturated heterocycles. The van der Waals surface area contributed by atoms with E-state index >= 15 is 0 Å². The number of nitrogens with one attached hydrogen (secondary N) is 3. The number of aromatic nitrogens is 3. The summed E-state index contributed by atoms with van der Waals surface area (Å²) < 4.78 is 1.29. The van der Waals surface area contributed by atoms with Gasteiger partial charge in [0.1, 0.15) is 17.5 Å². The van der Waals surface area contributed by atoms with E-state index in [0.717, 1.165) is 43.6 Å². The Morgan fingerprint density at radius 1 is 0.974 bits per heavy atom. The van der Waals surface area contributed by atoms with Gasteiger partial charge in [-0.2, -0.15) is 0 Å². The molecule has 1 saturated carbocycles. The Morgan fingerprint density at radius 2 is 1.68 bits per heavy atom. The van der Waals surface area contributed by atoms with Crippen molar-refractivity contribution in [2.75, 3.05) is 56.5 Å². The van der Waals surface area contributed by atoms with Crippen LogP contribution in [0.15, 0.2) is 24.7 Å². The summed E-state index contributed by atoms with van der Waals surface area (Å²) in [4.78, 5) is 29.6. The van der Waals surface area contributed by atoms with Gasteiger partial charge in [-0.3, -0.25) is 9.69 Å². The number of carbonyl (C=O) groups excluding carboxylic acids is 1. The van der Waals surface area contributed by atoms with E-state index in [0.29, 0.717) is 18.4 Å². The summed E-state index contributed by atoms with van der Waals surface area (Å²) in [6, 6.07) is 2.92. The second kappa shape index (κ2) is 12.8. The fraction of sp³-hybridized carbons (Fsp3) is 0.571. The lowest BCUT2D eigenvalue weighted by molar-refractivity contribution is -0.109. The summed E-state index contributed by atoms with van der Waals surface area (Å²) >= 11 is 1.88. The number of hydrogen-bond donors (Lipinski definition) is 3. The highest BCUT2D eigenvalue weighted by atomic mass is 32.1. The van der Waals surface area contributed by atoms with Crippen LogP contribution in [0.1, 0.15) is 54.9 Å². The van der Waals surface area contributed by atoms with Crippen molar-refractivity contribution in [1.82, 2.24) is 30.5 Å². The van der Waals surface area contributed by atoms with Crippen molar-refractivity contribution >= 4 is 45.3 Å². The molecule has 204 valence electrons. The summed E-state index contributed by atoms with van der Waals surface area (Å²) in [5.74, 6) is 3.28. The lowest BCUT2D eigenvalue weighted by Crippen LogP contribution is -2.52. The van der Waals surface area contributed by atoms with Crippen molar-refractivity contribution < 1.29 is 4.79 Å². The van der Waals surface area contributed by atoms with Crippen molar-refractivity contribution in [1.29, 1.82) is 0 Å². The van der Waals surface area contributed by atoms with E-state index in [2.05, 4.69) is 48.7 Å². The van der Waals surface area contributed by atoms with Crippen LogP contribution in [-0.2, 0) is 4.79 Å². The maximum Gasteiger partial charge on any atom is 0.206 e. The minimum atomic E-state index is 0.625. The fourth-order valence-electron chi connectivity index (χ4n) is 6.12. The molecule has 10 heteroatoms. The van der Waals surface area contributed by atoms with Crippen LogP contribution < -0.4 is 20.9 Å². The number of carbonyl (C=O) groups is 1. The number of rotatable bonds is 6. The quantitative estimate of drug-likeness (QED) is 0.406. The predicted octanol–water partition coefficient (Wildman–Crippen LogP) is 4.03. The monoisotopic (exact) mass is 536 g/mol. The highest BCUT2D eigenvalue weighted by Crippen LogP contribution is 2.43. The third-order valence-corrected chi connectivity index (χ3v) is 9.10. The van der Waals surface area contributed by atoms with Gasteiger partial charge < -0.3 is 20.9 Å². The molecule has 3 N–H and O–H groups in total. The number of hydrogen-bond acceptors (Lipinski definition) is 9. The lowest BCUT2D eigenvalue weighted by Gasteiger charge is -2.40. The minimum absolute atomic E-state index is 0.625. The molecule has 3 fully saturated rings. The van der Waals surface area contributed by atoms with Crippen molar-refractivity contribution in [3.8, 4) is 0 Å². The van der Waals surface area contributed by atoms with E-state index in [1.54, 1.807) is 12.6 Å². The number of amides is 1. The molecule has 6 rings (SSSR count). The van der Waals surface area contributed by atoms with Gasteiger partial charge in [0.15, 0.2) is 0 Å². The highest BCUT2D eigenvalue weighted by molar-refractivity contribution is 7.19. The molecule has 3 aromatic heterocycles. The van der Waals surface area contributed by atoms with E-state index in [1.807, 2.05) is 29.9 Å². The molecular formula is C28H40N8OS. The zero-order valence-electron chi connectivity index (χ0n) is 22.6. The van der Waals surface area contributed by atoms with Crippen LogP contribution in [0.2, 0.25) is 0 Å². The SMILES string of the molecule is CNC=O.Cc1sc2cnc(Nc3cnc(N4CCC(N5CCNCC5)CC4)cn3)cc2c1C1CCCC1. The Morgan fingerprint density at radius 3 is 2.34 bits per heavy atom. The number of aryl methyl sites for hydroxylation is 1. The molecule has 0 aromatic carbocycles. The molecule has 0 radical (unpaired) electrons. The number of nitrogens with zero attached hydrogens (tertiary/aromatic N) is 5. The summed E-state index contributed by atoms with van der Waals surface area (Å²) in [6.45, 7) is 8.97. The Hall–Kier alpha value is -2.82. The Bertz CT molecular complexity index is 1180. The Balaban J connectivity index is 0.000000689. The number of piperidine rings is 1. The van der Waals surface area contributed by atoms with E-state index in [9.17, 15) is 0 Å². The first-order valence-corrected chi connectivity index (χ1v) is 14.8. The normalized spacial score (nSPS) is 19.3. The predicted molar refractivity (Wildman–Crippen MR) is 156 cm³/mol. The zero-order valence-corrected chi connectivity index (χ0v) is 23.4. The van der Waals surface area contributed by atoms with Crippen LogP contribution in [-0.4, -0.2) is 78.6 Å². The molecule has 0 unspecified atom stereocenters. The smallest absolute Gasteiger partial charge is 0.206 e. The zero-order chi connectivity index (χ0) is 26.3. The summed E-state index contributed by atoms with van der Waals surface area (Å²) in [7, 11) is 1.56. The molecular weight excluding hydrogens is 496 g/mol. The number of anilines is 3. The van der Waals surface area contributed by atoms with Crippen molar-refractivity contribution in [2.45, 2.75) is 57.4 Å². The van der Waals surface area contributed by atoms with Crippen LogP contribution in [0.5, 0.6) is 0 Å². The average Bonchev–Trinajstić information content (AvgIpc) is 3.61. The molecule has 38 heavy (non-hydrogen) atoms. The van der Waals surface area contributed by atoms with Crippen LogP contribution in [0.4, 0.5) is 17.5 Å². The van der Waals surface area contributed by atoms with Crippen LogP contribution in [0, 0.1) is 6.92 Å². The molecule has 1 amide bonds. The first kappa shape index (κ1) is 26.8. The van der Waals surface area contributed by atoms with Gasteiger partial charge in [-0.05, 0) is 50.2 Å². The van der Waals surface area contributed by atoms with Crippen LogP contribution in [0.25, 0.3) is 10.1 Å². The maximum atomic E-state index is 9.06. The summed E-state index contributed by atoms with van der Waals surface area (Å²) in [6.07, 6.45) is 14.1. The van der Waals surface area contributed by atoms with Crippen molar-refractivity contribution in [3.05, 3.63) is 35.1 Å². The molecule has 3 aliphatic rings. The van der Waals surface area contributed by atoms with Gasteiger partial charge in [0.05, 0.1) is 17.1 Å². The molecule has 0 bridgehead atoms. The Kier molecular flexibility index (Phi) is 9.03. The second-order valence-corrected chi connectivity index (χ2v) is 11.7. The van der Waals surface area contributed by atoms with E-state index in [1.165, 1.54) is 66.6 Å².